The van der Waals surface area contributed by atoms with E-state index >= 15 is 0 Å². The number of carboxylic acids is 1. The van der Waals surface area contributed by atoms with Crippen LogP contribution in [0.4, 0.5) is 4.79 Å². The van der Waals surface area contributed by atoms with E-state index in [0.717, 1.165) is 5.56 Å². The monoisotopic (exact) mass is 303 g/mol. The van der Waals surface area contributed by atoms with E-state index in [4.69, 9.17) is 4.74 Å². The van der Waals surface area contributed by atoms with Crippen molar-refractivity contribution in [2.45, 2.75) is 6.61 Å². The Bertz CT molecular complexity index is 583. The number of aliphatic carboxylic acids is 1. The number of carbonyl (C=O) groups is 3. The van der Waals surface area contributed by atoms with Gasteiger partial charge in [-0.15, -0.1) is 0 Å². The Morgan fingerprint density at radius 2 is 1.91 bits per heavy atom. The summed E-state index contributed by atoms with van der Waals surface area (Å²) in [4.78, 5) is 35.4. The highest BCUT2D eigenvalue weighted by Gasteiger charge is 2.41. The Labute approximate surface area is 128 Å². The first kappa shape index (κ1) is 15.8. The second-order valence-electron chi connectivity index (χ2n) is 5.19. The van der Waals surface area contributed by atoms with E-state index in [9.17, 15) is 19.5 Å². The summed E-state index contributed by atoms with van der Waals surface area (Å²) in [7, 11) is 0. The molecule has 1 saturated heterocycles. The van der Waals surface area contributed by atoms with Gasteiger partial charge in [-0.2, -0.15) is 0 Å². The Balaban J connectivity index is 1.97. The van der Waals surface area contributed by atoms with E-state index in [1.54, 1.807) is 0 Å². The van der Waals surface area contributed by atoms with Crippen LogP contribution in [0.25, 0.3) is 0 Å². The molecule has 1 fully saturated rings. The van der Waals surface area contributed by atoms with E-state index < -0.39 is 23.9 Å². The van der Waals surface area contributed by atoms with Crippen molar-refractivity contribution in [3.63, 3.8) is 0 Å². The van der Waals surface area contributed by atoms with Crippen LogP contribution in [0.5, 0.6) is 0 Å². The molecule has 0 aliphatic carbocycles. The van der Waals surface area contributed by atoms with Gasteiger partial charge in [0.1, 0.15) is 12.9 Å². The lowest BCUT2D eigenvalue weighted by Crippen LogP contribution is -2.30. The molecule has 0 radical (unpaired) electrons. The third-order valence-electron chi connectivity index (χ3n) is 3.73. The molecule has 2 rings (SSSR count). The van der Waals surface area contributed by atoms with E-state index in [1.807, 2.05) is 30.3 Å². The minimum Gasteiger partial charge on any atom is -0.481 e. The van der Waals surface area contributed by atoms with Crippen molar-refractivity contribution in [2.24, 2.45) is 11.8 Å². The standard InChI is InChI=1S/C16H17NO5/c1-11(9-18)13-7-17(8-14(13)15(19)20)16(21)22-10-12-5-3-2-4-6-12/h2-6,9,13-14H,1,7-8,10H2,(H,19,20)/t13-,14+/m0/s1. The zero-order valence-electron chi connectivity index (χ0n) is 12.0. The van der Waals surface area contributed by atoms with Gasteiger partial charge >= 0.3 is 12.1 Å². The summed E-state index contributed by atoms with van der Waals surface area (Å²) in [6.07, 6.45) is -0.0457. The molecule has 6 nitrogen and oxygen atoms in total. The molecule has 6 heteroatoms. The van der Waals surface area contributed by atoms with Crippen molar-refractivity contribution < 1.29 is 24.2 Å². The molecular formula is C16H17NO5. The van der Waals surface area contributed by atoms with Gasteiger partial charge in [0.15, 0.2) is 0 Å². The molecule has 1 heterocycles. The van der Waals surface area contributed by atoms with Crippen LogP contribution in [0.3, 0.4) is 0 Å². The lowest BCUT2D eigenvalue weighted by molar-refractivity contribution is -0.142. The first-order valence-corrected chi connectivity index (χ1v) is 6.85. The molecule has 0 bridgehead atoms. The molecule has 1 aliphatic heterocycles. The highest BCUT2D eigenvalue weighted by Crippen LogP contribution is 2.28. The third kappa shape index (κ3) is 3.52. The fourth-order valence-corrected chi connectivity index (χ4v) is 2.48. The Hall–Kier alpha value is -2.63. The van der Waals surface area contributed by atoms with Gasteiger partial charge in [0.25, 0.3) is 0 Å². The molecule has 22 heavy (non-hydrogen) atoms. The number of benzene rings is 1. The summed E-state index contributed by atoms with van der Waals surface area (Å²) in [6, 6.07) is 9.19. The fraction of sp³-hybridized carbons (Fsp3) is 0.312. The number of ether oxygens (including phenoxy) is 1. The van der Waals surface area contributed by atoms with Crippen molar-refractivity contribution in [3.8, 4) is 0 Å². The topological polar surface area (TPSA) is 83.9 Å². The highest BCUT2D eigenvalue weighted by molar-refractivity contribution is 5.80. The Kier molecular flexibility index (Phi) is 4.93. The van der Waals surface area contributed by atoms with Crippen LogP contribution in [0.1, 0.15) is 5.56 Å². The van der Waals surface area contributed by atoms with Gasteiger partial charge in [0.05, 0.1) is 5.92 Å². The van der Waals surface area contributed by atoms with Crippen molar-refractivity contribution in [2.75, 3.05) is 13.1 Å². The predicted octanol–water partition coefficient (Wildman–Crippen LogP) is 1.71. The quantitative estimate of drug-likeness (QED) is 0.661. The molecule has 1 amide bonds. The molecule has 0 saturated carbocycles. The summed E-state index contributed by atoms with van der Waals surface area (Å²) in [5, 5.41) is 9.20. The summed E-state index contributed by atoms with van der Waals surface area (Å²) >= 11 is 0. The van der Waals surface area contributed by atoms with Gasteiger partial charge in [0.2, 0.25) is 0 Å². The van der Waals surface area contributed by atoms with E-state index in [0.29, 0.717) is 6.29 Å². The average Bonchev–Trinajstić information content (AvgIpc) is 2.98. The van der Waals surface area contributed by atoms with Crippen LogP contribution in [0.15, 0.2) is 42.5 Å². The van der Waals surface area contributed by atoms with E-state index in [2.05, 4.69) is 6.58 Å². The van der Waals surface area contributed by atoms with Crippen LogP contribution in [-0.2, 0) is 20.9 Å². The highest BCUT2D eigenvalue weighted by atomic mass is 16.6. The number of aldehydes is 1. The minimum atomic E-state index is -1.05. The van der Waals surface area contributed by atoms with Crippen LogP contribution >= 0.6 is 0 Å². The second kappa shape index (κ2) is 6.89. The van der Waals surface area contributed by atoms with Crippen molar-refractivity contribution >= 4 is 18.3 Å². The van der Waals surface area contributed by atoms with Gasteiger partial charge in [-0.05, 0) is 11.1 Å². The molecule has 1 N–H and O–H groups in total. The van der Waals surface area contributed by atoms with Gasteiger partial charge in [-0.1, -0.05) is 36.9 Å². The Morgan fingerprint density at radius 3 is 2.50 bits per heavy atom. The SMILES string of the molecule is C=C(C=O)[C@@H]1CN(C(=O)OCc2ccccc2)C[C@H]1C(=O)O. The number of nitrogens with zero attached hydrogens (tertiary/aromatic N) is 1. The number of hydrogen-bond acceptors (Lipinski definition) is 4. The summed E-state index contributed by atoms with van der Waals surface area (Å²) < 4.78 is 5.18. The maximum absolute atomic E-state index is 12.0. The maximum atomic E-state index is 12.0. The minimum absolute atomic E-state index is 0.0144. The largest absolute Gasteiger partial charge is 0.481 e. The molecular weight excluding hydrogens is 286 g/mol. The zero-order valence-corrected chi connectivity index (χ0v) is 12.0. The molecule has 1 aromatic carbocycles. The predicted molar refractivity (Wildman–Crippen MR) is 78.0 cm³/mol. The fourth-order valence-electron chi connectivity index (χ4n) is 2.48. The molecule has 116 valence electrons. The number of amides is 1. The van der Waals surface area contributed by atoms with Crippen molar-refractivity contribution in [1.82, 2.24) is 4.90 Å². The van der Waals surface area contributed by atoms with Crippen LogP contribution in [0, 0.1) is 11.8 Å². The number of carbonyl (C=O) groups excluding carboxylic acids is 2. The van der Waals surface area contributed by atoms with Crippen LogP contribution in [-0.4, -0.2) is 41.4 Å². The van der Waals surface area contributed by atoms with Crippen LogP contribution in [0.2, 0.25) is 0 Å². The van der Waals surface area contributed by atoms with Gasteiger partial charge in [0, 0.05) is 19.0 Å². The lowest BCUT2D eigenvalue weighted by atomic mass is 9.90. The number of rotatable bonds is 5. The number of likely N-dealkylation sites (tertiary alicyclic amines) is 1. The first-order valence-electron chi connectivity index (χ1n) is 6.85. The lowest BCUT2D eigenvalue weighted by Gasteiger charge is -2.16. The van der Waals surface area contributed by atoms with Crippen molar-refractivity contribution in [3.05, 3.63) is 48.0 Å². The summed E-state index contributed by atoms with van der Waals surface area (Å²) in [5.74, 6) is -2.45. The molecule has 1 aliphatic rings. The third-order valence-corrected chi connectivity index (χ3v) is 3.73. The van der Waals surface area contributed by atoms with E-state index in [1.165, 1.54) is 4.90 Å². The number of hydrogen-bond donors (Lipinski definition) is 1. The molecule has 0 aromatic heterocycles. The second-order valence-corrected chi connectivity index (χ2v) is 5.19. The Morgan fingerprint density at radius 1 is 1.27 bits per heavy atom. The van der Waals surface area contributed by atoms with Gasteiger partial charge in [-0.25, -0.2) is 4.79 Å². The normalized spacial score (nSPS) is 20.5. The molecule has 1 aromatic rings. The smallest absolute Gasteiger partial charge is 0.410 e. The maximum Gasteiger partial charge on any atom is 0.410 e. The van der Waals surface area contributed by atoms with Crippen LogP contribution < -0.4 is 0 Å². The summed E-state index contributed by atoms with van der Waals surface area (Å²) in [5.41, 5.74) is 1.03. The van der Waals surface area contributed by atoms with Gasteiger partial charge in [-0.3, -0.25) is 9.59 Å². The van der Waals surface area contributed by atoms with E-state index in [-0.39, 0.29) is 25.3 Å². The summed E-state index contributed by atoms with van der Waals surface area (Å²) in [6.45, 7) is 3.82. The average molecular weight is 303 g/mol. The first-order chi connectivity index (χ1) is 10.5. The zero-order chi connectivity index (χ0) is 16.1. The van der Waals surface area contributed by atoms with Gasteiger partial charge < -0.3 is 14.7 Å². The number of carboxylic acid groups (broad SMARTS) is 1. The molecule has 0 spiro atoms. The molecule has 2 atom stereocenters. The van der Waals surface area contributed by atoms with Crippen molar-refractivity contribution in [1.29, 1.82) is 0 Å². The molecule has 0 unspecified atom stereocenters.